The monoisotopic (exact) mass is 945 g/mol. The van der Waals surface area contributed by atoms with Crippen molar-refractivity contribution < 1.29 is 63.2 Å². The van der Waals surface area contributed by atoms with Crippen LogP contribution < -0.4 is 9.84 Å². The SMILES string of the molecule is C[Si](C)(C)CCOP(=O)(OCC[Si](C)(C)C)Oc1ccc(Cl)cc1C(=O)Nc1cc(C(F)(F)F)cc(C(F)(F)F)c1.C[Si](C)(C)CCOP(O)OCC[Si](C)(C)C. The van der Waals surface area contributed by atoms with Crippen LogP contribution in [-0.4, -0.2) is 69.5 Å². The van der Waals surface area contributed by atoms with Gasteiger partial charge in [-0.25, -0.2) is 4.57 Å². The minimum Gasteiger partial charge on any atom is -0.403 e. The van der Waals surface area contributed by atoms with Crippen LogP contribution in [0.1, 0.15) is 21.5 Å². The smallest absolute Gasteiger partial charge is 0.403 e. The Kier molecular flexibility index (Phi) is 20.9. The predicted octanol–water partition coefficient (Wildman–Crippen LogP) is 13.7. The first kappa shape index (κ1) is 53.9. The Hall–Kier alpha value is -1.09. The minimum absolute atomic E-state index is 0.00310. The first-order chi connectivity index (χ1) is 25.6. The molecule has 0 spiro atoms. The summed E-state index contributed by atoms with van der Waals surface area (Å²) in [6, 6.07) is 7.59. The van der Waals surface area contributed by atoms with Gasteiger partial charge in [-0.3, -0.25) is 13.8 Å². The van der Waals surface area contributed by atoms with Gasteiger partial charge >= 0.3 is 28.8 Å². The Labute approximate surface area is 344 Å². The fourth-order valence-electron chi connectivity index (χ4n) is 4.02. The zero-order chi connectivity index (χ0) is 44.3. The summed E-state index contributed by atoms with van der Waals surface area (Å²) in [6.45, 7) is 27.6. The molecule has 2 aromatic carbocycles. The topological polar surface area (TPSA) is 113 Å². The molecule has 0 fully saturated rings. The molecule has 0 atom stereocenters. The summed E-state index contributed by atoms with van der Waals surface area (Å²) in [5.41, 5.74) is -4.40. The van der Waals surface area contributed by atoms with Gasteiger partial charge in [0.2, 0.25) is 0 Å². The maximum absolute atomic E-state index is 13.6. The molecule has 0 saturated heterocycles. The van der Waals surface area contributed by atoms with Crippen LogP contribution >= 0.6 is 28.0 Å². The largest absolute Gasteiger partial charge is 0.530 e. The second-order valence-electron chi connectivity index (χ2n) is 18.2. The van der Waals surface area contributed by atoms with Crippen LogP contribution in [-0.2, 0) is 35.0 Å². The second kappa shape index (κ2) is 22.1. The van der Waals surface area contributed by atoms with Gasteiger partial charge in [-0.2, -0.15) is 26.3 Å². The third-order valence-corrected chi connectivity index (χ3v) is 16.8. The molecule has 1 amide bonds. The third kappa shape index (κ3) is 24.7. The average Bonchev–Trinajstić information content (AvgIpc) is 2.98. The van der Waals surface area contributed by atoms with Gasteiger partial charge in [0.1, 0.15) is 5.75 Å². The molecule has 328 valence electrons. The molecular formula is C35H60ClF6NO8P2Si4. The molecule has 0 aliphatic rings. The van der Waals surface area contributed by atoms with Crippen LogP contribution in [0.5, 0.6) is 5.75 Å². The molecular weight excluding hydrogens is 886 g/mol. The van der Waals surface area contributed by atoms with Crippen molar-refractivity contribution in [3.63, 3.8) is 0 Å². The Balaban J connectivity index is 0.000000852. The zero-order valence-electron chi connectivity index (χ0n) is 35.0. The molecule has 9 nitrogen and oxygen atoms in total. The van der Waals surface area contributed by atoms with Crippen LogP contribution in [0.4, 0.5) is 32.0 Å². The molecule has 0 unspecified atom stereocenters. The molecule has 0 aliphatic carbocycles. The van der Waals surface area contributed by atoms with E-state index in [0.29, 0.717) is 37.4 Å². The van der Waals surface area contributed by atoms with Gasteiger partial charge in [0.25, 0.3) is 5.91 Å². The van der Waals surface area contributed by atoms with Crippen molar-refractivity contribution in [2.24, 2.45) is 0 Å². The van der Waals surface area contributed by atoms with E-state index in [1.54, 1.807) is 0 Å². The fourth-order valence-corrected chi connectivity index (χ4v) is 9.52. The molecule has 2 aromatic rings. The van der Waals surface area contributed by atoms with Crippen molar-refractivity contribution in [3.8, 4) is 5.75 Å². The van der Waals surface area contributed by atoms with Crippen molar-refractivity contribution in [2.75, 3.05) is 31.7 Å². The molecule has 0 aromatic heterocycles. The summed E-state index contributed by atoms with van der Waals surface area (Å²) in [4.78, 5) is 22.6. The number of alkyl halides is 6. The van der Waals surface area contributed by atoms with E-state index in [2.05, 4.69) is 78.6 Å². The number of hydrogen-bond acceptors (Lipinski definition) is 8. The van der Waals surface area contributed by atoms with Crippen molar-refractivity contribution in [3.05, 3.63) is 58.1 Å². The normalized spacial score (nSPS) is 13.4. The van der Waals surface area contributed by atoms with Crippen LogP contribution in [0.2, 0.25) is 108 Å². The summed E-state index contributed by atoms with van der Waals surface area (Å²) >= 11 is 6.02. The van der Waals surface area contributed by atoms with E-state index in [1.807, 2.05) is 5.32 Å². The number of carbonyl (C=O) groups excluding carboxylic acids is 1. The van der Waals surface area contributed by atoms with Crippen LogP contribution in [0.25, 0.3) is 0 Å². The number of nitrogens with one attached hydrogen (secondary N) is 1. The maximum Gasteiger partial charge on any atom is 0.530 e. The number of amides is 1. The number of benzene rings is 2. The molecule has 0 bridgehead atoms. The lowest BCUT2D eigenvalue weighted by atomic mass is 10.1. The van der Waals surface area contributed by atoms with Gasteiger partial charge in [0, 0.05) is 43.0 Å². The van der Waals surface area contributed by atoms with E-state index in [4.69, 9.17) is 34.2 Å². The summed E-state index contributed by atoms with van der Waals surface area (Å²) < 4.78 is 121. The Morgan fingerprint density at radius 1 is 0.684 bits per heavy atom. The second-order valence-corrected chi connectivity index (χ2v) is 43.7. The summed E-state index contributed by atoms with van der Waals surface area (Å²) in [5, 5.41) is 2.02. The van der Waals surface area contributed by atoms with E-state index < -0.39 is 89.4 Å². The van der Waals surface area contributed by atoms with E-state index in [0.717, 1.165) is 18.2 Å². The van der Waals surface area contributed by atoms with Crippen molar-refractivity contribution in [1.82, 2.24) is 0 Å². The number of phosphoric ester groups is 1. The fraction of sp³-hybridized carbons (Fsp3) is 0.629. The quantitative estimate of drug-likeness (QED) is 0.0767. The molecule has 0 saturated carbocycles. The van der Waals surface area contributed by atoms with E-state index in [1.165, 1.54) is 12.1 Å². The highest BCUT2D eigenvalue weighted by molar-refractivity contribution is 7.49. The summed E-state index contributed by atoms with van der Waals surface area (Å²) in [5.74, 6) is -1.51. The van der Waals surface area contributed by atoms with E-state index in [9.17, 15) is 40.6 Å². The highest BCUT2D eigenvalue weighted by Crippen LogP contribution is 2.51. The molecule has 0 heterocycles. The number of phosphoric acid groups is 1. The summed E-state index contributed by atoms with van der Waals surface area (Å²) in [6.07, 6.45) is -10.2. The Morgan fingerprint density at radius 2 is 1.07 bits per heavy atom. The predicted molar refractivity (Wildman–Crippen MR) is 230 cm³/mol. The van der Waals surface area contributed by atoms with Gasteiger partial charge in [0.15, 0.2) is 0 Å². The van der Waals surface area contributed by atoms with Gasteiger partial charge in [0.05, 0.1) is 43.1 Å². The van der Waals surface area contributed by atoms with Crippen LogP contribution in [0.15, 0.2) is 36.4 Å². The van der Waals surface area contributed by atoms with Crippen molar-refractivity contribution in [1.29, 1.82) is 0 Å². The highest BCUT2D eigenvalue weighted by Gasteiger charge is 2.38. The number of anilines is 1. The lowest BCUT2D eigenvalue weighted by Crippen LogP contribution is -2.23. The maximum atomic E-state index is 13.6. The molecule has 2 N–H and O–H groups in total. The lowest BCUT2D eigenvalue weighted by Gasteiger charge is -2.23. The molecule has 0 radical (unpaired) electrons. The molecule has 2 rings (SSSR count). The third-order valence-electron chi connectivity index (χ3n) is 7.55. The Bertz CT molecular complexity index is 1560. The zero-order valence-corrected chi connectivity index (χ0v) is 41.5. The van der Waals surface area contributed by atoms with Gasteiger partial charge < -0.3 is 23.8 Å². The molecule has 0 aliphatic heterocycles. The van der Waals surface area contributed by atoms with E-state index in [-0.39, 0.29) is 30.1 Å². The number of rotatable bonds is 20. The minimum atomic E-state index is -5.11. The van der Waals surface area contributed by atoms with E-state index >= 15 is 0 Å². The molecule has 57 heavy (non-hydrogen) atoms. The first-order valence-corrected chi connectivity index (χ1v) is 36.1. The standard InChI is InChI=1S/C25H33ClF6NO5PSi2.C10H27O3PSi2/c1-40(2,3)11-9-36-39(35,37-10-12-41(4,5)6)38-22-8-7-19(26)16-21(22)23(34)33-20-14-17(24(27,28)29)13-18(15-20)25(30,31)32;1-15(2,3)9-7-12-14(11)13-8-10-16(4,5)6/h7-8,13-16H,9-12H2,1-6H3,(H,33,34);11H,7-10H2,1-6H3. The number of halogens is 7. The van der Waals surface area contributed by atoms with Crippen LogP contribution in [0.3, 0.4) is 0 Å². The van der Waals surface area contributed by atoms with Gasteiger partial charge in [-0.1, -0.05) is 90.2 Å². The Morgan fingerprint density at radius 3 is 1.44 bits per heavy atom. The number of hydrogen-bond donors (Lipinski definition) is 2. The van der Waals surface area contributed by atoms with Crippen molar-refractivity contribution in [2.45, 2.75) is 115 Å². The lowest BCUT2D eigenvalue weighted by molar-refractivity contribution is -0.143. The summed E-state index contributed by atoms with van der Waals surface area (Å²) in [7, 11) is -11.3. The number of carbonyl (C=O) groups is 1. The van der Waals surface area contributed by atoms with Crippen LogP contribution in [0, 0.1) is 0 Å². The van der Waals surface area contributed by atoms with Gasteiger partial charge in [-0.15, -0.1) is 0 Å². The first-order valence-electron chi connectivity index (χ1n) is 18.3. The average molecular weight is 947 g/mol. The molecule has 22 heteroatoms. The van der Waals surface area contributed by atoms with Crippen molar-refractivity contribution >= 4 is 71.9 Å². The highest BCUT2D eigenvalue weighted by atomic mass is 35.5. The van der Waals surface area contributed by atoms with Gasteiger partial charge in [-0.05, 0) is 60.6 Å².